The minimum Gasteiger partial charge on any atom is -0.378 e. The predicted molar refractivity (Wildman–Crippen MR) is 114 cm³/mol. The Balaban J connectivity index is 1.66. The van der Waals surface area contributed by atoms with Gasteiger partial charge in [0.15, 0.2) is 15.7 Å². The lowest BCUT2D eigenvalue weighted by Gasteiger charge is -2.29. The Morgan fingerprint density at radius 2 is 2.03 bits per heavy atom. The number of ether oxygens (including phenoxy) is 1. The molecule has 5 rings (SSSR count). The molecular formula is C19H22F2N6O2S2. The number of rotatable bonds is 6. The second kappa shape index (κ2) is 7.84. The molecule has 4 heterocycles. The summed E-state index contributed by atoms with van der Waals surface area (Å²) in [6, 6.07) is 1.90. The van der Waals surface area contributed by atoms with Crippen molar-refractivity contribution in [1.29, 1.82) is 0 Å². The fourth-order valence-electron chi connectivity index (χ4n) is 3.60. The summed E-state index contributed by atoms with van der Waals surface area (Å²) in [6.07, 6.45) is 1.04. The molecule has 1 atom stereocenters. The number of fused-ring (bicyclic) bond motifs is 1. The third-order valence-corrected chi connectivity index (χ3v) is 7.85. The molecule has 2 fully saturated rings. The summed E-state index contributed by atoms with van der Waals surface area (Å²) in [7, 11) is -1.43. The first-order valence-electron chi connectivity index (χ1n) is 10.0. The molecule has 1 aliphatic carbocycles. The molecule has 3 aromatic heterocycles. The van der Waals surface area contributed by atoms with Crippen LogP contribution in [0.1, 0.15) is 36.9 Å². The van der Waals surface area contributed by atoms with Crippen LogP contribution in [-0.4, -0.2) is 55.6 Å². The van der Waals surface area contributed by atoms with Gasteiger partial charge in [-0.3, -0.25) is 4.40 Å². The molecule has 0 bridgehead atoms. The number of hydrogen-bond acceptors (Lipinski definition) is 7. The van der Waals surface area contributed by atoms with Crippen molar-refractivity contribution in [3.8, 4) is 10.7 Å². The first kappa shape index (κ1) is 20.9. The monoisotopic (exact) mass is 468 g/mol. The van der Waals surface area contributed by atoms with Crippen LogP contribution < -0.4 is 9.62 Å². The Labute approximate surface area is 184 Å². The molecule has 1 unspecified atom stereocenters. The molecule has 3 aromatic rings. The number of halogens is 2. The van der Waals surface area contributed by atoms with Crippen molar-refractivity contribution in [2.75, 3.05) is 31.2 Å². The van der Waals surface area contributed by atoms with E-state index in [1.54, 1.807) is 10.6 Å². The van der Waals surface area contributed by atoms with Gasteiger partial charge in [-0.25, -0.2) is 22.7 Å². The van der Waals surface area contributed by atoms with Gasteiger partial charge in [0.25, 0.3) is 6.43 Å². The molecule has 8 nitrogen and oxygen atoms in total. The molecule has 1 aliphatic heterocycles. The highest BCUT2D eigenvalue weighted by molar-refractivity contribution is 7.83. The van der Waals surface area contributed by atoms with E-state index in [1.807, 2.05) is 19.9 Å². The Hall–Kier alpha value is -2.02. The summed E-state index contributed by atoms with van der Waals surface area (Å²) in [5.41, 5.74) is 2.63. The van der Waals surface area contributed by atoms with Crippen LogP contribution >= 0.6 is 11.3 Å². The van der Waals surface area contributed by atoms with Gasteiger partial charge >= 0.3 is 0 Å². The van der Waals surface area contributed by atoms with Crippen LogP contribution in [0.15, 0.2) is 17.2 Å². The first-order chi connectivity index (χ1) is 14.8. The SMILES string of the molecule is Cc1nc2c(N3CCOCC3)cc(S(=O)NC3(C)CC3)cn2c1-c1nnc(C(F)F)s1. The topological polar surface area (TPSA) is 84.7 Å². The number of pyridine rings is 1. The highest BCUT2D eigenvalue weighted by Gasteiger charge is 2.39. The minimum atomic E-state index is -2.68. The van der Waals surface area contributed by atoms with Crippen molar-refractivity contribution in [2.24, 2.45) is 0 Å². The molecule has 12 heteroatoms. The van der Waals surface area contributed by atoms with Gasteiger partial charge in [-0.15, -0.1) is 10.2 Å². The first-order valence-corrected chi connectivity index (χ1v) is 12.0. The van der Waals surface area contributed by atoms with Crippen LogP contribution in [0, 0.1) is 6.92 Å². The fourth-order valence-corrected chi connectivity index (χ4v) is 5.59. The van der Waals surface area contributed by atoms with Gasteiger partial charge in [-0.2, -0.15) is 0 Å². The molecule has 1 saturated heterocycles. The van der Waals surface area contributed by atoms with E-state index in [-0.39, 0.29) is 10.5 Å². The zero-order chi connectivity index (χ0) is 21.8. The molecule has 1 saturated carbocycles. The van der Waals surface area contributed by atoms with Gasteiger partial charge in [0.1, 0.15) is 16.7 Å². The fraction of sp³-hybridized carbons (Fsp3) is 0.526. The summed E-state index contributed by atoms with van der Waals surface area (Å²) < 4.78 is 49.8. The molecule has 0 radical (unpaired) electrons. The average Bonchev–Trinajstić information content (AvgIpc) is 3.14. The van der Waals surface area contributed by atoms with E-state index in [4.69, 9.17) is 9.72 Å². The maximum absolute atomic E-state index is 13.1. The molecule has 0 aromatic carbocycles. The zero-order valence-electron chi connectivity index (χ0n) is 17.1. The maximum atomic E-state index is 13.1. The summed E-state index contributed by atoms with van der Waals surface area (Å²) in [5, 5.41) is 7.63. The molecule has 166 valence electrons. The molecular weight excluding hydrogens is 446 g/mol. The van der Waals surface area contributed by atoms with Crippen LogP contribution in [-0.2, 0) is 15.7 Å². The van der Waals surface area contributed by atoms with Crippen molar-refractivity contribution in [2.45, 2.75) is 43.5 Å². The second-order valence-corrected chi connectivity index (χ2v) is 10.3. The summed E-state index contributed by atoms with van der Waals surface area (Å²) in [6.45, 7) is 6.42. The van der Waals surface area contributed by atoms with Crippen LogP contribution in [0.25, 0.3) is 16.3 Å². The Bertz CT molecular complexity index is 1150. The molecule has 0 spiro atoms. The lowest BCUT2D eigenvalue weighted by atomic mass is 10.3. The lowest BCUT2D eigenvalue weighted by Crippen LogP contribution is -2.36. The van der Waals surface area contributed by atoms with Crippen molar-refractivity contribution in [3.63, 3.8) is 0 Å². The van der Waals surface area contributed by atoms with E-state index in [0.29, 0.717) is 53.2 Å². The minimum absolute atomic E-state index is 0.113. The van der Waals surface area contributed by atoms with Gasteiger partial charge in [0.05, 0.1) is 29.5 Å². The number of nitrogens with zero attached hydrogens (tertiary/aromatic N) is 5. The van der Waals surface area contributed by atoms with Crippen molar-refractivity contribution in [3.05, 3.63) is 23.0 Å². The van der Waals surface area contributed by atoms with E-state index in [9.17, 15) is 13.0 Å². The summed E-state index contributed by atoms with van der Waals surface area (Å²) >= 11 is 0.845. The summed E-state index contributed by atoms with van der Waals surface area (Å²) in [5.74, 6) is 0. The number of aromatic nitrogens is 4. The van der Waals surface area contributed by atoms with E-state index in [0.717, 1.165) is 29.9 Å². The van der Waals surface area contributed by atoms with Gasteiger partial charge in [-0.1, -0.05) is 11.3 Å². The van der Waals surface area contributed by atoms with Gasteiger partial charge in [0.2, 0.25) is 0 Å². The van der Waals surface area contributed by atoms with Crippen molar-refractivity contribution < 1.29 is 17.7 Å². The Morgan fingerprint density at radius 1 is 1.29 bits per heavy atom. The second-order valence-electron chi connectivity index (χ2n) is 8.08. The van der Waals surface area contributed by atoms with E-state index >= 15 is 0 Å². The van der Waals surface area contributed by atoms with E-state index in [2.05, 4.69) is 19.8 Å². The van der Waals surface area contributed by atoms with Crippen LogP contribution in [0.2, 0.25) is 0 Å². The standard InChI is InChI=1S/C19H22F2N6O2S2/c1-11-14(17-23-24-18(30-17)15(20)21)27-10-12(31(28)25-19(2)3-4-19)9-13(16(27)22-11)26-5-7-29-8-6-26/h9-10,15,25H,3-8H2,1-2H3. The average molecular weight is 469 g/mol. The predicted octanol–water partition coefficient (Wildman–Crippen LogP) is 3.10. The van der Waals surface area contributed by atoms with Gasteiger partial charge in [0, 0.05) is 24.8 Å². The molecule has 1 N–H and O–H groups in total. The third kappa shape index (κ3) is 3.97. The molecule has 0 amide bonds. The van der Waals surface area contributed by atoms with Crippen LogP contribution in [0.4, 0.5) is 14.5 Å². The normalized spacial score (nSPS) is 19.3. The number of hydrogen-bond donors (Lipinski definition) is 1. The van der Waals surface area contributed by atoms with E-state index in [1.165, 1.54) is 0 Å². The van der Waals surface area contributed by atoms with Gasteiger partial charge in [-0.05, 0) is 32.8 Å². The Morgan fingerprint density at radius 3 is 2.68 bits per heavy atom. The molecule has 2 aliphatic rings. The number of morpholine rings is 1. The molecule has 31 heavy (non-hydrogen) atoms. The number of imidazole rings is 1. The van der Waals surface area contributed by atoms with E-state index < -0.39 is 17.4 Å². The Kier molecular flexibility index (Phi) is 5.27. The lowest BCUT2D eigenvalue weighted by molar-refractivity contribution is 0.123. The quantitative estimate of drug-likeness (QED) is 0.599. The number of alkyl halides is 2. The number of nitrogens with one attached hydrogen (secondary N) is 1. The van der Waals surface area contributed by atoms with Crippen LogP contribution in [0.3, 0.4) is 0 Å². The van der Waals surface area contributed by atoms with Crippen molar-refractivity contribution in [1.82, 2.24) is 24.3 Å². The summed E-state index contributed by atoms with van der Waals surface area (Å²) in [4.78, 5) is 7.47. The smallest absolute Gasteiger partial charge is 0.291 e. The third-order valence-electron chi connectivity index (χ3n) is 5.58. The van der Waals surface area contributed by atoms with Crippen LogP contribution in [0.5, 0.6) is 0 Å². The highest BCUT2D eigenvalue weighted by Crippen LogP contribution is 2.37. The number of aryl methyl sites for hydroxylation is 1. The van der Waals surface area contributed by atoms with Crippen molar-refractivity contribution >= 4 is 33.7 Å². The number of anilines is 1. The highest BCUT2D eigenvalue weighted by atomic mass is 32.2. The van der Waals surface area contributed by atoms with Gasteiger partial charge < -0.3 is 9.64 Å². The maximum Gasteiger partial charge on any atom is 0.291 e. The zero-order valence-corrected chi connectivity index (χ0v) is 18.7. The largest absolute Gasteiger partial charge is 0.378 e.